The first kappa shape index (κ1) is 15.4. The molecular formula is C14H27NO3. The standard InChI is InChI=1S/C14H27NO3/c1-5-12(16)10-15-8-6-7-11(9-15)14(2,3)13(17)18-4/h11-12,16H,5-10H2,1-4H3/t11-,12+/m1/s1. The molecule has 0 spiro atoms. The van der Waals surface area contributed by atoms with Crippen LogP contribution in [0, 0.1) is 11.3 Å². The number of carbonyl (C=O) groups excluding carboxylic acids is 1. The third kappa shape index (κ3) is 3.69. The molecule has 1 aliphatic rings. The van der Waals surface area contributed by atoms with E-state index in [-0.39, 0.29) is 12.1 Å². The fraction of sp³-hybridized carbons (Fsp3) is 0.929. The van der Waals surface area contributed by atoms with Crippen molar-refractivity contribution in [3.63, 3.8) is 0 Å². The zero-order chi connectivity index (χ0) is 13.8. The second-order valence-corrected chi connectivity index (χ2v) is 5.87. The van der Waals surface area contributed by atoms with Crippen LogP contribution >= 0.6 is 0 Å². The Balaban J connectivity index is 2.60. The Bertz CT molecular complexity index is 278. The number of methoxy groups -OCH3 is 1. The van der Waals surface area contributed by atoms with Crippen LogP contribution < -0.4 is 0 Å². The number of ether oxygens (including phenoxy) is 1. The van der Waals surface area contributed by atoms with Gasteiger partial charge < -0.3 is 14.7 Å². The highest BCUT2D eigenvalue weighted by atomic mass is 16.5. The average molecular weight is 257 g/mol. The molecule has 0 saturated carbocycles. The van der Waals surface area contributed by atoms with E-state index in [1.807, 2.05) is 20.8 Å². The molecular weight excluding hydrogens is 230 g/mol. The van der Waals surface area contributed by atoms with E-state index in [2.05, 4.69) is 4.90 Å². The third-order valence-electron chi connectivity index (χ3n) is 4.18. The SMILES string of the molecule is CC[C@H](O)CN1CCC[C@@H](C(C)(C)C(=O)OC)C1. The van der Waals surface area contributed by atoms with Gasteiger partial charge in [-0.25, -0.2) is 0 Å². The van der Waals surface area contributed by atoms with Crippen molar-refractivity contribution in [2.75, 3.05) is 26.7 Å². The van der Waals surface area contributed by atoms with Gasteiger partial charge in [0.25, 0.3) is 0 Å². The Morgan fingerprint density at radius 3 is 2.78 bits per heavy atom. The van der Waals surface area contributed by atoms with E-state index in [0.29, 0.717) is 12.5 Å². The highest BCUT2D eigenvalue weighted by molar-refractivity contribution is 5.76. The van der Waals surface area contributed by atoms with Crippen LogP contribution in [0.15, 0.2) is 0 Å². The van der Waals surface area contributed by atoms with Crippen LogP contribution in [0.5, 0.6) is 0 Å². The van der Waals surface area contributed by atoms with Crippen molar-refractivity contribution < 1.29 is 14.6 Å². The van der Waals surface area contributed by atoms with E-state index in [4.69, 9.17) is 4.74 Å². The van der Waals surface area contributed by atoms with E-state index >= 15 is 0 Å². The van der Waals surface area contributed by atoms with E-state index in [1.54, 1.807) is 0 Å². The monoisotopic (exact) mass is 257 g/mol. The lowest BCUT2D eigenvalue weighted by atomic mass is 9.74. The minimum Gasteiger partial charge on any atom is -0.469 e. The van der Waals surface area contributed by atoms with Crippen LogP contribution in [0.3, 0.4) is 0 Å². The number of rotatable bonds is 5. The number of carbonyl (C=O) groups is 1. The fourth-order valence-electron chi connectivity index (χ4n) is 2.67. The van der Waals surface area contributed by atoms with Crippen LogP contribution in [0.1, 0.15) is 40.0 Å². The number of piperidine rings is 1. The summed E-state index contributed by atoms with van der Waals surface area (Å²) in [5.74, 6) is 0.174. The number of aliphatic hydroxyl groups excluding tert-OH is 1. The van der Waals surface area contributed by atoms with E-state index in [9.17, 15) is 9.90 Å². The molecule has 0 aliphatic carbocycles. The molecule has 1 rings (SSSR count). The lowest BCUT2D eigenvalue weighted by molar-refractivity contribution is -0.155. The minimum atomic E-state index is -0.440. The van der Waals surface area contributed by atoms with Gasteiger partial charge in [-0.05, 0) is 45.6 Å². The maximum atomic E-state index is 11.8. The molecule has 4 heteroatoms. The Kier molecular flexibility index (Phi) is 5.60. The summed E-state index contributed by atoms with van der Waals surface area (Å²) >= 11 is 0. The van der Waals surface area contributed by atoms with Crippen molar-refractivity contribution in [2.45, 2.75) is 46.1 Å². The number of hydrogen-bond donors (Lipinski definition) is 1. The Morgan fingerprint density at radius 2 is 2.22 bits per heavy atom. The molecule has 0 aromatic rings. The third-order valence-corrected chi connectivity index (χ3v) is 4.18. The maximum absolute atomic E-state index is 11.8. The smallest absolute Gasteiger partial charge is 0.311 e. The number of likely N-dealkylation sites (tertiary alicyclic amines) is 1. The molecule has 0 aromatic heterocycles. The van der Waals surface area contributed by atoms with Crippen molar-refractivity contribution >= 4 is 5.97 Å². The van der Waals surface area contributed by atoms with Crippen LogP contribution in [0.4, 0.5) is 0 Å². The second kappa shape index (κ2) is 6.53. The van der Waals surface area contributed by atoms with Gasteiger partial charge in [0.15, 0.2) is 0 Å². The van der Waals surface area contributed by atoms with E-state index in [0.717, 1.165) is 32.4 Å². The van der Waals surface area contributed by atoms with E-state index < -0.39 is 5.41 Å². The van der Waals surface area contributed by atoms with Gasteiger partial charge >= 0.3 is 5.97 Å². The molecule has 0 radical (unpaired) electrons. The number of β-amino-alcohol motifs (C(OH)–C–C–N with tert-alkyl or cyclic N) is 1. The zero-order valence-corrected chi connectivity index (χ0v) is 12.1. The van der Waals surface area contributed by atoms with Gasteiger partial charge in [-0.2, -0.15) is 0 Å². The normalized spacial score (nSPS) is 23.7. The Hall–Kier alpha value is -0.610. The van der Waals surface area contributed by atoms with Gasteiger partial charge in [0.1, 0.15) is 0 Å². The number of nitrogens with zero attached hydrogens (tertiary/aromatic N) is 1. The highest BCUT2D eigenvalue weighted by Crippen LogP contribution is 2.35. The molecule has 0 aromatic carbocycles. The van der Waals surface area contributed by atoms with Crippen molar-refractivity contribution in [3.8, 4) is 0 Å². The lowest BCUT2D eigenvalue weighted by Gasteiger charge is -2.40. The molecule has 106 valence electrons. The number of hydrogen-bond acceptors (Lipinski definition) is 4. The summed E-state index contributed by atoms with van der Waals surface area (Å²) in [6.07, 6.45) is 2.66. The summed E-state index contributed by atoms with van der Waals surface area (Å²) in [6, 6.07) is 0. The minimum absolute atomic E-state index is 0.134. The molecule has 1 N–H and O–H groups in total. The second-order valence-electron chi connectivity index (χ2n) is 5.87. The summed E-state index contributed by atoms with van der Waals surface area (Å²) in [6.45, 7) is 8.52. The summed E-state index contributed by atoms with van der Waals surface area (Å²) < 4.78 is 4.90. The van der Waals surface area contributed by atoms with Gasteiger partial charge in [0.05, 0.1) is 18.6 Å². The molecule has 0 bridgehead atoms. The Labute approximate surface area is 110 Å². The number of aliphatic hydroxyl groups is 1. The molecule has 1 fully saturated rings. The summed E-state index contributed by atoms with van der Waals surface area (Å²) in [7, 11) is 1.45. The van der Waals surface area contributed by atoms with Crippen molar-refractivity contribution in [1.82, 2.24) is 4.90 Å². The quantitative estimate of drug-likeness (QED) is 0.761. The summed E-state index contributed by atoms with van der Waals surface area (Å²) in [5.41, 5.74) is -0.440. The van der Waals surface area contributed by atoms with Crippen LogP contribution in [-0.4, -0.2) is 48.8 Å². The first-order valence-electron chi connectivity index (χ1n) is 6.90. The molecule has 4 nitrogen and oxygen atoms in total. The van der Waals surface area contributed by atoms with Crippen molar-refractivity contribution in [2.24, 2.45) is 11.3 Å². The lowest BCUT2D eigenvalue weighted by Crippen LogP contribution is -2.47. The van der Waals surface area contributed by atoms with Gasteiger partial charge in [-0.15, -0.1) is 0 Å². The van der Waals surface area contributed by atoms with E-state index in [1.165, 1.54) is 7.11 Å². The van der Waals surface area contributed by atoms with Crippen molar-refractivity contribution in [3.05, 3.63) is 0 Å². The molecule has 1 saturated heterocycles. The molecule has 1 heterocycles. The van der Waals surface area contributed by atoms with Gasteiger partial charge in [-0.1, -0.05) is 6.92 Å². The predicted molar refractivity (Wildman–Crippen MR) is 71.3 cm³/mol. The van der Waals surface area contributed by atoms with Crippen LogP contribution in [-0.2, 0) is 9.53 Å². The summed E-state index contributed by atoms with van der Waals surface area (Å²) in [4.78, 5) is 14.1. The topological polar surface area (TPSA) is 49.8 Å². The molecule has 0 unspecified atom stereocenters. The van der Waals surface area contributed by atoms with Gasteiger partial charge in [-0.3, -0.25) is 4.79 Å². The Morgan fingerprint density at radius 1 is 1.56 bits per heavy atom. The first-order valence-corrected chi connectivity index (χ1v) is 6.90. The molecule has 2 atom stereocenters. The van der Waals surface area contributed by atoms with Gasteiger partial charge in [0.2, 0.25) is 0 Å². The first-order chi connectivity index (χ1) is 8.41. The predicted octanol–water partition coefficient (Wildman–Crippen LogP) is 1.67. The van der Waals surface area contributed by atoms with Gasteiger partial charge in [0, 0.05) is 13.1 Å². The largest absolute Gasteiger partial charge is 0.469 e. The highest BCUT2D eigenvalue weighted by Gasteiger charge is 2.39. The van der Waals surface area contributed by atoms with Crippen LogP contribution in [0.25, 0.3) is 0 Å². The average Bonchev–Trinajstić information content (AvgIpc) is 2.37. The molecule has 1 aliphatic heterocycles. The molecule has 0 amide bonds. The number of esters is 1. The summed E-state index contributed by atoms with van der Waals surface area (Å²) in [5, 5.41) is 9.72. The molecule has 18 heavy (non-hydrogen) atoms. The van der Waals surface area contributed by atoms with Crippen molar-refractivity contribution in [1.29, 1.82) is 0 Å². The maximum Gasteiger partial charge on any atom is 0.311 e. The fourth-order valence-corrected chi connectivity index (χ4v) is 2.67. The zero-order valence-electron chi connectivity index (χ0n) is 12.1. The van der Waals surface area contributed by atoms with Crippen LogP contribution in [0.2, 0.25) is 0 Å².